The predicted octanol–water partition coefficient (Wildman–Crippen LogP) is 18.9. The van der Waals surface area contributed by atoms with Gasteiger partial charge in [-0.1, -0.05) is 139 Å². The number of furan rings is 2. The number of aryl methyl sites for hydroxylation is 2. The molecule has 5 aliphatic rings. The van der Waals surface area contributed by atoms with Gasteiger partial charge in [0.2, 0.25) is 0 Å². The van der Waals surface area contributed by atoms with Gasteiger partial charge in [0.05, 0.1) is 0 Å². The summed E-state index contributed by atoms with van der Waals surface area (Å²) >= 11 is 0. The monoisotopic (exact) mass is 1000 g/mol. The molecule has 0 amide bonds. The van der Waals surface area contributed by atoms with Crippen LogP contribution in [-0.2, 0) is 38.9 Å². The summed E-state index contributed by atoms with van der Waals surface area (Å²) in [6.45, 7) is 34.0. The van der Waals surface area contributed by atoms with E-state index < -0.39 is 0 Å². The second-order valence-electron chi connectivity index (χ2n) is 28.3. The molecule has 386 valence electrons. The summed E-state index contributed by atoms with van der Waals surface area (Å²) in [5.41, 5.74) is 26.7. The maximum absolute atomic E-state index is 7.35. The lowest BCUT2D eigenvalue weighted by atomic mass is 9.42. The van der Waals surface area contributed by atoms with E-state index in [1.165, 1.54) is 114 Å². The summed E-state index contributed by atoms with van der Waals surface area (Å²) in [6.07, 6.45) is 10.4. The first kappa shape index (κ1) is 48.2. The molecule has 3 aliphatic carbocycles. The van der Waals surface area contributed by atoms with Crippen LogP contribution in [0.4, 0.5) is 28.4 Å². The maximum atomic E-state index is 7.35. The Kier molecular flexibility index (Phi) is 9.98. The average molecular weight is 1000 g/mol. The molecule has 5 heteroatoms. The number of fused-ring (bicyclic) bond motifs is 14. The van der Waals surface area contributed by atoms with Gasteiger partial charge in [-0.2, -0.15) is 0 Å². The predicted molar refractivity (Wildman–Crippen MR) is 324 cm³/mol. The molecule has 2 aliphatic heterocycles. The zero-order chi connectivity index (χ0) is 53.0. The van der Waals surface area contributed by atoms with Crippen LogP contribution in [0.3, 0.4) is 0 Å². The van der Waals surface area contributed by atoms with E-state index in [4.69, 9.17) is 8.83 Å². The van der Waals surface area contributed by atoms with Crippen LogP contribution in [0.5, 0.6) is 0 Å². The number of hydrogen-bond donors (Lipinski definition) is 0. The van der Waals surface area contributed by atoms with Gasteiger partial charge in [-0.15, -0.1) is 0 Å². The topological polar surface area (TPSA) is 32.8 Å². The Balaban J connectivity index is 1.15. The molecule has 0 N–H and O–H groups in total. The zero-order valence-electron chi connectivity index (χ0n) is 48.0. The van der Waals surface area contributed by atoms with Gasteiger partial charge in [-0.25, -0.2) is 0 Å². The van der Waals surface area contributed by atoms with Crippen LogP contribution in [0, 0.1) is 6.92 Å². The molecule has 4 nitrogen and oxygen atoms in total. The highest BCUT2D eigenvalue weighted by atomic mass is 16.3. The summed E-state index contributed by atoms with van der Waals surface area (Å²) in [5, 5.41) is 4.66. The van der Waals surface area contributed by atoms with Crippen LogP contribution >= 0.6 is 0 Å². The van der Waals surface area contributed by atoms with Gasteiger partial charge in [-0.05, 0) is 201 Å². The highest BCUT2D eigenvalue weighted by molar-refractivity contribution is 6.94. The quantitative estimate of drug-likeness (QED) is 0.161. The van der Waals surface area contributed by atoms with E-state index in [-0.39, 0.29) is 39.3 Å². The van der Waals surface area contributed by atoms with Gasteiger partial charge >= 0.3 is 6.85 Å². The lowest BCUT2D eigenvalue weighted by Crippen LogP contribution is -2.62. The zero-order valence-corrected chi connectivity index (χ0v) is 48.0. The van der Waals surface area contributed by atoms with Crippen LogP contribution in [-0.4, -0.2) is 6.85 Å². The second kappa shape index (κ2) is 15.7. The molecule has 0 unspecified atom stereocenters. The largest absolute Gasteiger partial charge is 0.456 e. The molecule has 0 atom stereocenters. The van der Waals surface area contributed by atoms with Crippen molar-refractivity contribution in [3.05, 3.63) is 148 Å². The molecule has 14 rings (SSSR count). The van der Waals surface area contributed by atoms with Crippen molar-refractivity contribution in [2.45, 2.75) is 187 Å². The fourth-order valence-corrected chi connectivity index (χ4v) is 15.3. The number of anilines is 5. The minimum atomic E-state index is -0.182. The summed E-state index contributed by atoms with van der Waals surface area (Å²) in [7, 11) is 0. The molecule has 9 aromatic rings. The Morgan fingerprint density at radius 1 is 0.474 bits per heavy atom. The SMILES string of the molecule is CCCCc1ccc(N2B3c4cc5c(cc4N(c4cc6c(cc4C)C(C)(C)CCC6(C)C)c4cc6c(oc7ccccc76)c(c43)-c3cc4c(cc32)oc2cc3c(cc24)C(C)(C)CCC3(C)C)C(C)(C)CCC5(C)C)cc1. The second-order valence-corrected chi connectivity index (χ2v) is 28.3. The molecule has 0 saturated carbocycles. The Morgan fingerprint density at radius 2 is 1.01 bits per heavy atom. The van der Waals surface area contributed by atoms with Crippen LogP contribution in [0.2, 0.25) is 0 Å². The van der Waals surface area contributed by atoms with Gasteiger partial charge in [0.15, 0.2) is 0 Å². The Morgan fingerprint density at radius 3 is 1.64 bits per heavy atom. The summed E-state index contributed by atoms with van der Waals surface area (Å²) < 4.78 is 14.6. The minimum Gasteiger partial charge on any atom is -0.456 e. The molecule has 76 heavy (non-hydrogen) atoms. The molecule has 7 aromatic carbocycles. The van der Waals surface area contributed by atoms with Gasteiger partial charge in [0.25, 0.3) is 0 Å². The van der Waals surface area contributed by atoms with Gasteiger partial charge in [0.1, 0.15) is 22.3 Å². The first-order chi connectivity index (χ1) is 36.0. The van der Waals surface area contributed by atoms with E-state index in [1.54, 1.807) is 0 Å². The highest BCUT2D eigenvalue weighted by Gasteiger charge is 2.50. The van der Waals surface area contributed by atoms with Crippen molar-refractivity contribution >= 4 is 90.1 Å². The number of para-hydroxylation sites is 1. The number of nitrogens with zero attached hydrogens (tertiary/aromatic N) is 2. The van der Waals surface area contributed by atoms with Crippen molar-refractivity contribution in [1.82, 2.24) is 0 Å². The summed E-state index contributed by atoms with van der Waals surface area (Å²) in [4.78, 5) is 5.44. The first-order valence-electron chi connectivity index (χ1n) is 29.0. The smallest absolute Gasteiger partial charge is 0.333 e. The fourth-order valence-electron chi connectivity index (χ4n) is 15.3. The van der Waals surface area contributed by atoms with E-state index in [0.717, 1.165) is 82.7 Å². The number of unbranched alkanes of at least 4 members (excludes halogenated alkanes) is 1. The van der Waals surface area contributed by atoms with E-state index in [0.29, 0.717) is 0 Å². The van der Waals surface area contributed by atoms with E-state index in [1.807, 2.05) is 0 Å². The third-order valence-electron chi connectivity index (χ3n) is 20.5. The standard InChI is InChI=1S/C71H77BN2O2/c1-15-16-19-42-22-24-43(25-23-42)74-57-40-62-45(46-34-50-54(39-61(46)75-62)71(13,14)31-27-67(50,5)6)33-48(57)63-64-59(35-47-44-20-17-18-21-60(44)76-65(47)63)73(56-37-52-49(32-41(56)2)66(3,4)26-29-69(52,9)10)58-38-53-51(36-55(58)72(64)74)68(7,8)28-30-70(53,11)12/h17-18,20-25,32-40H,15-16,19,26-31H2,1-14H3. The van der Waals surface area contributed by atoms with Crippen molar-refractivity contribution in [3.8, 4) is 11.1 Å². The lowest BCUT2D eigenvalue weighted by Gasteiger charge is -2.49. The molecular weight excluding hydrogens is 924 g/mol. The summed E-state index contributed by atoms with van der Waals surface area (Å²) in [6, 6.07) is 41.2. The molecular formula is C71H77BN2O2. The molecule has 4 heterocycles. The van der Waals surface area contributed by atoms with Crippen molar-refractivity contribution in [3.63, 3.8) is 0 Å². The van der Waals surface area contributed by atoms with Crippen molar-refractivity contribution < 1.29 is 8.83 Å². The lowest BCUT2D eigenvalue weighted by molar-refractivity contribution is 0.331. The molecule has 0 radical (unpaired) electrons. The van der Waals surface area contributed by atoms with E-state index in [2.05, 4.69) is 210 Å². The normalized spacial score (nSPS) is 19.8. The Hall–Kier alpha value is -6.20. The van der Waals surface area contributed by atoms with Crippen LogP contribution < -0.4 is 20.6 Å². The first-order valence-corrected chi connectivity index (χ1v) is 29.0. The van der Waals surface area contributed by atoms with Crippen molar-refractivity contribution in [1.29, 1.82) is 0 Å². The Labute approximate surface area is 452 Å². The van der Waals surface area contributed by atoms with Crippen molar-refractivity contribution in [2.24, 2.45) is 0 Å². The maximum Gasteiger partial charge on any atom is 0.333 e. The van der Waals surface area contributed by atoms with Crippen LogP contribution in [0.25, 0.3) is 55.0 Å². The van der Waals surface area contributed by atoms with Crippen LogP contribution in [0.1, 0.15) is 186 Å². The highest BCUT2D eigenvalue weighted by Crippen LogP contribution is 2.57. The third-order valence-corrected chi connectivity index (χ3v) is 20.5. The van der Waals surface area contributed by atoms with Gasteiger partial charge in [0, 0.05) is 67.2 Å². The average Bonchev–Trinajstić information content (AvgIpc) is 4.10. The Bertz CT molecular complexity index is 3960. The van der Waals surface area contributed by atoms with Crippen LogP contribution in [0.15, 0.2) is 112 Å². The van der Waals surface area contributed by atoms with E-state index >= 15 is 0 Å². The number of benzene rings is 7. The molecule has 0 fully saturated rings. The van der Waals surface area contributed by atoms with E-state index in [9.17, 15) is 0 Å². The molecule has 0 bridgehead atoms. The number of rotatable bonds is 5. The third kappa shape index (κ3) is 6.75. The molecule has 0 spiro atoms. The number of hydrogen-bond acceptors (Lipinski definition) is 4. The minimum absolute atomic E-state index is 0.00232. The fraction of sp³-hybridized carbons (Fsp3) is 0.408. The molecule has 0 saturated heterocycles. The van der Waals surface area contributed by atoms with Gasteiger partial charge in [-0.3, -0.25) is 0 Å². The molecule has 2 aromatic heterocycles. The van der Waals surface area contributed by atoms with Gasteiger partial charge < -0.3 is 18.5 Å². The van der Waals surface area contributed by atoms with Crippen molar-refractivity contribution in [2.75, 3.05) is 9.71 Å². The summed E-state index contributed by atoms with van der Waals surface area (Å²) in [5.74, 6) is 0.